The fourth-order valence-corrected chi connectivity index (χ4v) is 1.91. The Bertz CT molecular complexity index is 716. The standard InChI is InChI=1S/C13H9ClFN3O3/c1-7-4-5-16-12(14)11(7)17-13(19)9-3-2-8(18(20)21)6-10(9)15/h2-6H,1H3,(H,17,19). The van der Waals surface area contributed by atoms with Crippen molar-refractivity contribution < 1.29 is 14.1 Å². The molecule has 21 heavy (non-hydrogen) atoms. The number of anilines is 1. The van der Waals surface area contributed by atoms with E-state index in [0.717, 1.165) is 12.1 Å². The van der Waals surface area contributed by atoms with E-state index in [1.807, 2.05) is 0 Å². The topological polar surface area (TPSA) is 85.1 Å². The van der Waals surface area contributed by atoms with E-state index >= 15 is 0 Å². The van der Waals surface area contributed by atoms with Crippen molar-refractivity contribution in [3.63, 3.8) is 0 Å². The second-order valence-corrected chi connectivity index (χ2v) is 4.53. The van der Waals surface area contributed by atoms with Gasteiger partial charge in [-0.3, -0.25) is 14.9 Å². The molecule has 6 nitrogen and oxygen atoms in total. The number of nitrogens with zero attached hydrogens (tertiary/aromatic N) is 2. The number of amides is 1. The summed E-state index contributed by atoms with van der Waals surface area (Å²) in [4.78, 5) is 25.6. The maximum atomic E-state index is 13.8. The number of halogens is 2. The summed E-state index contributed by atoms with van der Waals surface area (Å²) in [7, 11) is 0. The third-order valence-corrected chi connectivity index (χ3v) is 3.05. The largest absolute Gasteiger partial charge is 0.319 e. The number of nitro groups is 1. The number of nitrogens with one attached hydrogen (secondary N) is 1. The lowest BCUT2D eigenvalue weighted by molar-refractivity contribution is -0.385. The van der Waals surface area contributed by atoms with Gasteiger partial charge in [0.15, 0.2) is 5.15 Å². The summed E-state index contributed by atoms with van der Waals surface area (Å²) < 4.78 is 13.8. The molecule has 0 aliphatic heterocycles. The van der Waals surface area contributed by atoms with Gasteiger partial charge < -0.3 is 5.32 Å². The molecule has 1 heterocycles. The Morgan fingerprint density at radius 2 is 2.14 bits per heavy atom. The van der Waals surface area contributed by atoms with Crippen LogP contribution >= 0.6 is 11.6 Å². The predicted octanol–water partition coefficient (Wildman–Crippen LogP) is 3.34. The number of hydrogen-bond acceptors (Lipinski definition) is 4. The van der Waals surface area contributed by atoms with Crippen LogP contribution in [0.3, 0.4) is 0 Å². The maximum Gasteiger partial charge on any atom is 0.272 e. The van der Waals surface area contributed by atoms with E-state index in [1.165, 1.54) is 6.20 Å². The van der Waals surface area contributed by atoms with Crippen molar-refractivity contribution in [1.29, 1.82) is 0 Å². The summed E-state index contributed by atoms with van der Waals surface area (Å²) >= 11 is 5.86. The van der Waals surface area contributed by atoms with Gasteiger partial charge in [0.2, 0.25) is 0 Å². The van der Waals surface area contributed by atoms with Crippen molar-refractivity contribution in [3.8, 4) is 0 Å². The van der Waals surface area contributed by atoms with E-state index in [9.17, 15) is 19.3 Å². The van der Waals surface area contributed by atoms with Gasteiger partial charge in [0.05, 0.1) is 22.2 Å². The highest BCUT2D eigenvalue weighted by Gasteiger charge is 2.18. The number of carbonyl (C=O) groups excluding carboxylic acids is 1. The lowest BCUT2D eigenvalue weighted by Crippen LogP contribution is -2.15. The molecule has 1 aromatic carbocycles. The summed E-state index contributed by atoms with van der Waals surface area (Å²) in [5.41, 5.74) is 0.173. The van der Waals surface area contributed by atoms with Crippen LogP contribution in [-0.2, 0) is 0 Å². The van der Waals surface area contributed by atoms with Crippen molar-refractivity contribution in [1.82, 2.24) is 4.98 Å². The summed E-state index contributed by atoms with van der Waals surface area (Å²) in [5, 5.41) is 13.0. The Kier molecular flexibility index (Phi) is 4.13. The molecule has 0 spiro atoms. The van der Waals surface area contributed by atoms with Crippen LogP contribution in [0.15, 0.2) is 30.5 Å². The third-order valence-electron chi connectivity index (χ3n) is 2.76. The average Bonchev–Trinajstić information content (AvgIpc) is 2.42. The zero-order valence-corrected chi connectivity index (χ0v) is 11.5. The van der Waals surface area contributed by atoms with Gasteiger partial charge in [0.25, 0.3) is 11.6 Å². The van der Waals surface area contributed by atoms with Gasteiger partial charge in [-0.2, -0.15) is 0 Å². The highest BCUT2D eigenvalue weighted by atomic mass is 35.5. The first-order valence-electron chi connectivity index (χ1n) is 5.76. The van der Waals surface area contributed by atoms with Crippen LogP contribution in [0, 0.1) is 22.9 Å². The monoisotopic (exact) mass is 309 g/mol. The van der Waals surface area contributed by atoms with Crippen LogP contribution in [0.25, 0.3) is 0 Å². The zero-order chi connectivity index (χ0) is 15.6. The molecule has 0 unspecified atom stereocenters. The van der Waals surface area contributed by atoms with E-state index < -0.39 is 22.3 Å². The van der Waals surface area contributed by atoms with Crippen LogP contribution in [-0.4, -0.2) is 15.8 Å². The number of benzene rings is 1. The molecular weight excluding hydrogens is 301 g/mol. The molecule has 108 valence electrons. The fraction of sp³-hybridized carbons (Fsp3) is 0.0769. The second kappa shape index (κ2) is 5.84. The van der Waals surface area contributed by atoms with Crippen LogP contribution in [0.2, 0.25) is 5.15 Å². The molecule has 0 saturated carbocycles. The molecule has 0 fully saturated rings. The van der Waals surface area contributed by atoms with Gasteiger partial charge in [-0.1, -0.05) is 11.6 Å². The first-order valence-corrected chi connectivity index (χ1v) is 6.14. The molecular formula is C13H9ClFN3O3. The first kappa shape index (κ1) is 14.9. The fourth-order valence-electron chi connectivity index (χ4n) is 1.66. The van der Waals surface area contributed by atoms with Crippen molar-refractivity contribution in [2.45, 2.75) is 6.92 Å². The van der Waals surface area contributed by atoms with Crippen molar-refractivity contribution >= 4 is 28.9 Å². The van der Waals surface area contributed by atoms with Gasteiger partial charge in [-0.05, 0) is 24.6 Å². The minimum absolute atomic E-state index is 0.0747. The summed E-state index contributed by atoms with van der Waals surface area (Å²) in [5.74, 6) is -1.75. The number of aryl methyl sites for hydroxylation is 1. The minimum atomic E-state index is -0.987. The number of carbonyl (C=O) groups is 1. The molecule has 1 aromatic heterocycles. The van der Waals surface area contributed by atoms with Crippen LogP contribution < -0.4 is 5.32 Å². The Labute approximate surface area is 123 Å². The van der Waals surface area contributed by atoms with Gasteiger partial charge in [0, 0.05) is 12.3 Å². The quantitative estimate of drug-likeness (QED) is 0.535. The van der Waals surface area contributed by atoms with Crippen LogP contribution in [0.4, 0.5) is 15.8 Å². The molecule has 0 aliphatic carbocycles. The zero-order valence-electron chi connectivity index (χ0n) is 10.8. The lowest BCUT2D eigenvalue weighted by Gasteiger charge is -2.09. The van der Waals surface area contributed by atoms with E-state index in [0.29, 0.717) is 11.6 Å². The van der Waals surface area contributed by atoms with Gasteiger partial charge in [-0.15, -0.1) is 0 Å². The van der Waals surface area contributed by atoms with Crippen molar-refractivity contribution in [2.24, 2.45) is 0 Å². The summed E-state index contributed by atoms with van der Waals surface area (Å²) in [6.07, 6.45) is 1.47. The molecule has 2 rings (SSSR count). The molecule has 0 bridgehead atoms. The van der Waals surface area contributed by atoms with Crippen molar-refractivity contribution in [2.75, 3.05) is 5.32 Å². The summed E-state index contributed by atoms with van der Waals surface area (Å²) in [6, 6.07) is 4.42. The molecule has 2 aromatic rings. The molecule has 0 aliphatic rings. The van der Waals surface area contributed by atoms with Gasteiger partial charge in [0.1, 0.15) is 5.82 Å². The van der Waals surface area contributed by atoms with E-state index in [1.54, 1.807) is 13.0 Å². The number of hydrogen-bond donors (Lipinski definition) is 1. The molecule has 0 radical (unpaired) electrons. The molecule has 1 amide bonds. The van der Waals surface area contributed by atoms with Crippen LogP contribution in [0.1, 0.15) is 15.9 Å². The Hall–Kier alpha value is -2.54. The van der Waals surface area contributed by atoms with E-state index in [2.05, 4.69) is 10.3 Å². The smallest absolute Gasteiger partial charge is 0.272 e. The normalized spacial score (nSPS) is 10.2. The Morgan fingerprint density at radius 3 is 2.71 bits per heavy atom. The van der Waals surface area contributed by atoms with E-state index in [4.69, 9.17) is 11.6 Å². The number of pyridine rings is 1. The van der Waals surface area contributed by atoms with E-state index in [-0.39, 0.29) is 16.4 Å². The number of non-ortho nitro benzene ring substituents is 1. The Morgan fingerprint density at radius 1 is 1.43 bits per heavy atom. The highest BCUT2D eigenvalue weighted by molar-refractivity contribution is 6.32. The van der Waals surface area contributed by atoms with Gasteiger partial charge in [-0.25, -0.2) is 9.37 Å². The predicted molar refractivity (Wildman–Crippen MR) is 75.0 cm³/mol. The average molecular weight is 310 g/mol. The molecule has 8 heteroatoms. The maximum absolute atomic E-state index is 13.8. The number of nitro benzene ring substituents is 1. The second-order valence-electron chi connectivity index (χ2n) is 4.17. The van der Waals surface area contributed by atoms with Crippen LogP contribution in [0.5, 0.6) is 0 Å². The van der Waals surface area contributed by atoms with Gasteiger partial charge >= 0.3 is 0 Å². The first-order chi connectivity index (χ1) is 9.90. The minimum Gasteiger partial charge on any atom is -0.319 e. The highest BCUT2D eigenvalue weighted by Crippen LogP contribution is 2.24. The molecule has 0 atom stereocenters. The lowest BCUT2D eigenvalue weighted by atomic mass is 10.1. The molecule has 0 saturated heterocycles. The third kappa shape index (κ3) is 3.14. The number of aromatic nitrogens is 1. The number of rotatable bonds is 3. The SMILES string of the molecule is Cc1ccnc(Cl)c1NC(=O)c1ccc([N+](=O)[O-])cc1F. The van der Waals surface area contributed by atoms with Crippen molar-refractivity contribution in [3.05, 3.63) is 62.7 Å². The molecule has 1 N–H and O–H groups in total. The Balaban J connectivity index is 2.31. The summed E-state index contributed by atoms with van der Waals surface area (Å²) in [6.45, 7) is 1.70.